The van der Waals surface area contributed by atoms with Gasteiger partial charge in [0.15, 0.2) is 11.6 Å². The van der Waals surface area contributed by atoms with Crippen molar-refractivity contribution in [3.63, 3.8) is 0 Å². The van der Waals surface area contributed by atoms with Crippen molar-refractivity contribution in [3.8, 4) is 23.7 Å². The number of anilines is 2. The summed E-state index contributed by atoms with van der Waals surface area (Å²) < 4.78 is 27.5. The second kappa shape index (κ2) is 19.7. The highest BCUT2D eigenvalue weighted by Gasteiger charge is 2.66. The number of carbonyl (C=O) groups is 2. The number of benzene rings is 2. The Morgan fingerprint density at radius 1 is 0.644 bits per heavy atom. The van der Waals surface area contributed by atoms with Crippen LogP contribution in [0.2, 0.25) is 0 Å². The highest BCUT2D eigenvalue weighted by Crippen LogP contribution is 2.70. The number of nitrogens with zero attached hydrogens (tertiary/aromatic N) is 2. The second-order valence-corrected chi connectivity index (χ2v) is 25.4. The summed E-state index contributed by atoms with van der Waals surface area (Å²) in [5.41, 5.74) is 4.82. The van der Waals surface area contributed by atoms with Gasteiger partial charge >= 0.3 is 5.92 Å². The molecule has 2 aromatic carbocycles. The predicted octanol–water partition coefficient (Wildman–Crippen LogP) is 13.3. The molecule has 0 heterocycles. The fourth-order valence-electron chi connectivity index (χ4n) is 17.2. The lowest BCUT2D eigenvalue weighted by atomic mass is 9.46. The lowest BCUT2D eigenvalue weighted by molar-refractivity contribution is -0.118. The smallest absolute Gasteiger partial charge is 0.305 e. The van der Waals surface area contributed by atoms with E-state index >= 15 is 0 Å². The molecule has 6 nitrogen and oxygen atoms in total. The Hall–Kier alpha value is -4.24. The molecular weight excluding hydrogens is 911 g/mol. The van der Waals surface area contributed by atoms with Crippen molar-refractivity contribution in [1.29, 1.82) is 0 Å². The van der Waals surface area contributed by atoms with E-state index in [0.717, 1.165) is 90.6 Å². The molecule has 0 aliphatic heterocycles. The van der Waals surface area contributed by atoms with Gasteiger partial charge in [-0.3, -0.25) is 9.59 Å². The zero-order valence-electron chi connectivity index (χ0n) is 45.3. The molecule has 9 aliphatic rings. The molecule has 9 aliphatic carbocycles. The summed E-state index contributed by atoms with van der Waals surface area (Å²) in [6, 6.07) is 18.6. The topological polar surface area (TPSA) is 81.1 Å². The predicted molar refractivity (Wildman–Crippen MR) is 289 cm³/mol. The van der Waals surface area contributed by atoms with Crippen LogP contribution in [-0.4, -0.2) is 65.1 Å². The Balaban J connectivity index is 0.000000168. The first kappa shape index (κ1) is 52.2. The number of carbonyl (C=O) groups excluding carboxylic acids is 2. The van der Waals surface area contributed by atoms with Crippen molar-refractivity contribution in [2.45, 2.75) is 186 Å². The Morgan fingerprint density at radius 3 is 1.52 bits per heavy atom. The van der Waals surface area contributed by atoms with Crippen molar-refractivity contribution in [2.24, 2.45) is 64.1 Å². The van der Waals surface area contributed by atoms with E-state index in [-0.39, 0.29) is 23.0 Å². The molecule has 0 spiro atoms. The van der Waals surface area contributed by atoms with Crippen LogP contribution in [0.4, 0.5) is 20.2 Å². The molecule has 0 aromatic heterocycles. The number of hydrogen-bond acceptors (Lipinski definition) is 6. The molecule has 11 rings (SSSR count). The molecule has 8 heteroatoms. The molecule has 0 saturated heterocycles. The molecule has 2 N–H and O–H groups in total. The van der Waals surface area contributed by atoms with E-state index in [1.807, 2.05) is 12.2 Å². The average molecular weight is 995 g/mol. The van der Waals surface area contributed by atoms with Crippen LogP contribution in [0.1, 0.15) is 174 Å². The second-order valence-electron chi connectivity index (χ2n) is 25.4. The van der Waals surface area contributed by atoms with Crippen molar-refractivity contribution in [3.05, 3.63) is 83.0 Å². The Morgan fingerprint density at radius 2 is 1.10 bits per heavy atom. The summed E-state index contributed by atoms with van der Waals surface area (Å²) in [4.78, 5) is 29.2. The molecule has 0 unspecified atom stereocenters. The number of allylic oxidation sites excluding steroid dienone is 2. The van der Waals surface area contributed by atoms with Gasteiger partial charge in [-0.25, -0.2) is 0 Å². The van der Waals surface area contributed by atoms with E-state index in [1.54, 1.807) is 0 Å². The summed E-state index contributed by atoms with van der Waals surface area (Å²) in [7, 11) is 2.16. The van der Waals surface area contributed by atoms with E-state index in [0.29, 0.717) is 84.3 Å². The van der Waals surface area contributed by atoms with Gasteiger partial charge in [0.05, 0.1) is 0 Å². The maximum atomic E-state index is 13.8. The van der Waals surface area contributed by atoms with Crippen LogP contribution >= 0.6 is 0 Å². The van der Waals surface area contributed by atoms with Crippen molar-refractivity contribution < 1.29 is 28.6 Å². The molecule has 7 saturated carbocycles. The zero-order valence-corrected chi connectivity index (χ0v) is 45.3. The van der Waals surface area contributed by atoms with E-state index in [1.165, 1.54) is 46.5 Å². The molecule has 0 bridgehead atoms. The van der Waals surface area contributed by atoms with Gasteiger partial charge < -0.3 is 20.0 Å². The van der Waals surface area contributed by atoms with Gasteiger partial charge in [0.2, 0.25) is 0 Å². The largest absolute Gasteiger partial charge is 0.377 e. The molecule has 7 fully saturated rings. The lowest BCUT2D eigenvalue weighted by Crippen LogP contribution is -2.54. The van der Waals surface area contributed by atoms with E-state index in [4.69, 9.17) is 0 Å². The third-order valence-corrected chi connectivity index (χ3v) is 21.4. The summed E-state index contributed by atoms with van der Waals surface area (Å²) in [6.45, 7) is 15.9. The molecule has 0 amide bonds. The number of alkyl halides is 2. The summed E-state index contributed by atoms with van der Waals surface area (Å²) in [6.07, 6.45) is 18.5. The third kappa shape index (κ3) is 9.49. The van der Waals surface area contributed by atoms with Gasteiger partial charge in [0.25, 0.3) is 0 Å². The van der Waals surface area contributed by atoms with Gasteiger partial charge in [-0.05, 0) is 230 Å². The number of fused-ring (bicyclic) bond motifs is 10. The Kier molecular flexibility index (Phi) is 14.1. The van der Waals surface area contributed by atoms with Crippen LogP contribution in [0.5, 0.6) is 0 Å². The minimum absolute atomic E-state index is 0.181. The Labute approximate surface area is 436 Å². The van der Waals surface area contributed by atoms with Crippen LogP contribution < -0.4 is 9.80 Å². The number of ketones is 2. The molecular formula is C65H84F2N2O4. The number of hydrogen-bond donors (Lipinski definition) is 2. The standard InChI is InChI=1S/C33H43NO2.C32H41F2NO2/c1-21(2)34(4)25-10-7-23(8-11-25)29-20-32(3)30(16-18-33(32,36)17-15-22-5-6-22)28-13-9-24-19-26(35)12-14-27(24)31(28)29;1-5-35(6-2)23-10-7-21(8-11-23)27-20-30(3)28(15-16-32(30,37)18-17-31(4,33)34)26-13-9-22-19-24(36)12-14-25(22)29(26)27/h7-8,10-11,19,21-22,27-31,36H,5-6,9,12-14,16,18,20H2,1-4H3;7-8,10-11,19,25-29,37H,5-6,9,12-16,20H2,1-4H3/t27-,28-,29+,30-,31+,32-,33-;25-,26-,27+,28-,29+,30-,32+/m00/s1. The molecule has 392 valence electrons. The summed E-state index contributed by atoms with van der Waals surface area (Å²) >= 11 is 0. The summed E-state index contributed by atoms with van der Waals surface area (Å²) in [5.74, 6) is 13.8. The average Bonchev–Trinajstić information content (AvgIpc) is 4.11. The molecule has 73 heavy (non-hydrogen) atoms. The minimum Gasteiger partial charge on any atom is -0.377 e. The van der Waals surface area contributed by atoms with Gasteiger partial charge in [-0.1, -0.05) is 67.0 Å². The van der Waals surface area contributed by atoms with E-state index < -0.39 is 22.5 Å². The van der Waals surface area contributed by atoms with Crippen LogP contribution in [0.15, 0.2) is 71.8 Å². The molecule has 0 radical (unpaired) electrons. The maximum Gasteiger partial charge on any atom is 0.305 e. The van der Waals surface area contributed by atoms with Crippen LogP contribution in [0.3, 0.4) is 0 Å². The van der Waals surface area contributed by atoms with Crippen LogP contribution in [0.25, 0.3) is 0 Å². The zero-order chi connectivity index (χ0) is 51.8. The van der Waals surface area contributed by atoms with Crippen molar-refractivity contribution >= 4 is 22.9 Å². The minimum atomic E-state index is -3.12. The lowest BCUT2D eigenvalue weighted by Gasteiger charge is -2.58. The van der Waals surface area contributed by atoms with Gasteiger partial charge in [0, 0.05) is 74.1 Å². The normalized spacial score (nSPS) is 38.2. The van der Waals surface area contributed by atoms with Crippen molar-refractivity contribution in [1.82, 2.24) is 0 Å². The highest BCUT2D eigenvalue weighted by molar-refractivity contribution is 5.92. The van der Waals surface area contributed by atoms with Crippen LogP contribution in [-0.2, 0) is 9.59 Å². The number of aliphatic hydroxyl groups is 2. The number of halogens is 2. The van der Waals surface area contributed by atoms with Gasteiger partial charge in [0.1, 0.15) is 11.2 Å². The summed E-state index contributed by atoms with van der Waals surface area (Å²) in [5, 5.41) is 23.9. The Bertz CT molecular complexity index is 2600. The van der Waals surface area contributed by atoms with E-state index in [2.05, 4.69) is 131 Å². The first-order chi connectivity index (χ1) is 34.7. The number of rotatable bonds is 7. The third-order valence-electron chi connectivity index (χ3n) is 21.4. The van der Waals surface area contributed by atoms with E-state index in [9.17, 15) is 28.6 Å². The van der Waals surface area contributed by atoms with Crippen molar-refractivity contribution in [2.75, 3.05) is 29.9 Å². The first-order valence-electron chi connectivity index (χ1n) is 28.7. The van der Waals surface area contributed by atoms with Crippen LogP contribution in [0, 0.1) is 87.8 Å². The highest BCUT2D eigenvalue weighted by atomic mass is 19.3. The SMILES string of the molecule is CC(C)N(C)c1ccc([C@H]2C[C@@]3(C)[C@@H](CC[C@@]3(O)C#CC3CC3)[C@@H]3CCC4=CC(=O)CC[C@@H]4[C@H]32)cc1.CCN(CC)c1ccc([C@H]2C[C@@]3(C)[C@@H](CC[C@@]3(O)C#CC(C)(F)F)[C@@H]3CCC4=CC(=O)CC[C@@H]4[C@H]32)cc1. The molecule has 2 aromatic rings. The van der Waals surface area contributed by atoms with Gasteiger partial charge in [-0.15, -0.1) is 0 Å². The molecule has 14 atom stereocenters. The fourth-order valence-corrected chi connectivity index (χ4v) is 17.2. The first-order valence-corrected chi connectivity index (χ1v) is 28.7. The fraction of sp³-hybridized carbons (Fsp3) is 0.662. The maximum absolute atomic E-state index is 13.8. The monoisotopic (exact) mass is 995 g/mol. The van der Waals surface area contributed by atoms with Gasteiger partial charge in [-0.2, -0.15) is 8.78 Å². The quantitative estimate of drug-likeness (QED) is 0.269.